The molecule has 1 aliphatic rings. The lowest BCUT2D eigenvalue weighted by molar-refractivity contribution is -0.153. The lowest BCUT2D eigenvalue weighted by atomic mass is 9.72. The maximum Gasteiger partial charge on any atom is 0.407 e. The second-order valence-electron chi connectivity index (χ2n) is 9.67. The highest BCUT2D eigenvalue weighted by atomic mass is 19.1. The Hall–Kier alpha value is -3.24. The van der Waals surface area contributed by atoms with E-state index in [2.05, 4.69) is 15.4 Å². The van der Waals surface area contributed by atoms with E-state index in [9.17, 15) is 28.6 Å². The minimum Gasteiger partial charge on any atom is -0.481 e. The molecule has 0 saturated carbocycles. The van der Waals surface area contributed by atoms with Crippen LogP contribution >= 0.6 is 0 Å². The van der Waals surface area contributed by atoms with Crippen molar-refractivity contribution in [3.63, 3.8) is 0 Å². The van der Waals surface area contributed by atoms with Crippen LogP contribution in [0.2, 0.25) is 0 Å². The zero-order valence-corrected chi connectivity index (χ0v) is 19.3. The Morgan fingerprint density at radius 2 is 1.91 bits per heavy atom. The van der Waals surface area contributed by atoms with Gasteiger partial charge >= 0.3 is 12.1 Å². The molecule has 2 atom stereocenters. The number of hydrogen-bond acceptors (Lipinski definition) is 5. The molecule has 1 unspecified atom stereocenters. The summed E-state index contributed by atoms with van der Waals surface area (Å²) in [7, 11) is 0. The Morgan fingerprint density at radius 1 is 1.24 bits per heavy atom. The second kappa shape index (κ2) is 8.60. The highest BCUT2D eigenvalue weighted by Crippen LogP contribution is 2.39. The molecule has 0 bridgehead atoms. The van der Waals surface area contributed by atoms with Crippen molar-refractivity contribution < 1.29 is 28.6 Å². The number of carboxylic acid groups (broad SMARTS) is 2. The number of carboxylic acids is 1. The van der Waals surface area contributed by atoms with E-state index in [4.69, 9.17) is 0 Å². The van der Waals surface area contributed by atoms with Gasteiger partial charge in [-0.1, -0.05) is 0 Å². The highest BCUT2D eigenvalue weighted by molar-refractivity contribution is 5.76. The van der Waals surface area contributed by atoms with Crippen molar-refractivity contribution in [3.8, 4) is 0 Å². The van der Waals surface area contributed by atoms with Gasteiger partial charge in [-0.25, -0.2) is 18.6 Å². The molecule has 0 aromatic carbocycles. The van der Waals surface area contributed by atoms with E-state index in [1.165, 1.54) is 0 Å². The lowest BCUT2D eigenvalue weighted by Gasteiger charge is -2.41. The molecule has 3 heterocycles. The third-order valence-electron chi connectivity index (χ3n) is 6.03. The molecule has 1 amide bonds. The Morgan fingerprint density at radius 3 is 2.42 bits per heavy atom. The first-order chi connectivity index (χ1) is 15.2. The van der Waals surface area contributed by atoms with Crippen LogP contribution in [-0.2, 0) is 16.8 Å². The van der Waals surface area contributed by atoms with Crippen molar-refractivity contribution >= 4 is 23.7 Å². The van der Waals surface area contributed by atoms with E-state index >= 15 is 0 Å². The topological polar surface area (TPSA) is 121 Å². The van der Waals surface area contributed by atoms with Gasteiger partial charge in [0.15, 0.2) is 17.5 Å². The van der Waals surface area contributed by atoms with Gasteiger partial charge in [0.25, 0.3) is 0 Å². The molecular formula is C22H29F2N5O4. The first kappa shape index (κ1) is 24.4. The summed E-state index contributed by atoms with van der Waals surface area (Å²) >= 11 is 0. The SMILES string of the molecule is Cc1cc(Nc2nc(CC3(C(=O)O)CCN(C(=O)O)[C@H](C)C3)c(F)cc2F)nn1C(C)(C)C. The van der Waals surface area contributed by atoms with Crippen LogP contribution in [-0.4, -0.2) is 54.5 Å². The van der Waals surface area contributed by atoms with Crippen molar-refractivity contribution in [2.45, 2.75) is 65.5 Å². The fraction of sp³-hybridized carbons (Fsp3) is 0.545. The van der Waals surface area contributed by atoms with Crippen molar-refractivity contribution in [3.05, 3.63) is 35.2 Å². The molecule has 1 fully saturated rings. The van der Waals surface area contributed by atoms with Gasteiger partial charge < -0.3 is 20.4 Å². The van der Waals surface area contributed by atoms with Crippen molar-refractivity contribution in [1.29, 1.82) is 0 Å². The molecule has 3 N–H and O–H groups in total. The van der Waals surface area contributed by atoms with Gasteiger partial charge in [0, 0.05) is 36.8 Å². The number of amides is 1. The zero-order chi connectivity index (χ0) is 24.7. The third-order valence-corrected chi connectivity index (χ3v) is 6.03. The first-order valence-corrected chi connectivity index (χ1v) is 10.7. The molecule has 33 heavy (non-hydrogen) atoms. The summed E-state index contributed by atoms with van der Waals surface area (Å²) in [6, 6.07) is 1.80. The quantitative estimate of drug-likeness (QED) is 0.607. The lowest BCUT2D eigenvalue weighted by Crippen LogP contribution is -2.51. The standard InChI is InChI=1S/C22H29F2N5O4/c1-12-8-17(27-29(12)21(3,4)5)26-18-15(24)9-14(23)16(25-18)11-22(19(30)31)6-7-28(20(32)33)13(2)10-22/h8-9,13H,6-7,10-11H2,1-5H3,(H,30,31)(H,32,33)(H,25,26,27)/t13-,22?/m1/s1. The van der Waals surface area contributed by atoms with Gasteiger partial charge in [0.1, 0.15) is 5.82 Å². The number of halogens is 2. The average molecular weight is 466 g/mol. The van der Waals surface area contributed by atoms with Gasteiger partial charge in [-0.15, -0.1) is 0 Å². The molecule has 1 aliphatic heterocycles. The minimum absolute atomic E-state index is 0.000234. The summed E-state index contributed by atoms with van der Waals surface area (Å²) in [6.07, 6.45) is -1.44. The molecule has 3 rings (SSSR count). The molecule has 2 aromatic heterocycles. The van der Waals surface area contributed by atoms with E-state index in [1.807, 2.05) is 27.7 Å². The third kappa shape index (κ3) is 4.91. The number of aromatic nitrogens is 3. The van der Waals surface area contributed by atoms with E-state index in [0.717, 1.165) is 10.6 Å². The maximum absolute atomic E-state index is 14.6. The number of aryl methyl sites for hydroxylation is 1. The summed E-state index contributed by atoms with van der Waals surface area (Å²) in [5.41, 5.74) is -1.10. The van der Waals surface area contributed by atoms with Crippen LogP contribution in [0.1, 0.15) is 51.9 Å². The smallest absolute Gasteiger partial charge is 0.407 e. The van der Waals surface area contributed by atoms with Gasteiger partial charge in [0.2, 0.25) is 0 Å². The molecule has 0 spiro atoms. The molecule has 180 valence electrons. The van der Waals surface area contributed by atoms with Crippen molar-refractivity contribution in [2.75, 3.05) is 11.9 Å². The van der Waals surface area contributed by atoms with Crippen LogP contribution in [0.4, 0.5) is 25.2 Å². The normalized spacial score (nSPS) is 21.2. The number of piperidine rings is 1. The summed E-state index contributed by atoms with van der Waals surface area (Å²) in [5, 5.41) is 26.4. The summed E-state index contributed by atoms with van der Waals surface area (Å²) < 4.78 is 30.9. The van der Waals surface area contributed by atoms with E-state index in [0.29, 0.717) is 11.9 Å². The van der Waals surface area contributed by atoms with Gasteiger partial charge in [0.05, 0.1) is 16.6 Å². The number of carbonyl (C=O) groups is 2. The molecule has 11 heteroatoms. The second-order valence-corrected chi connectivity index (χ2v) is 9.67. The number of nitrogens with zero attached hydrogens (tertiary/aromatic N) is 4. The number of pyridine rings is 1. The number of nitrogens with one attached hydrogen (secondary N) is 1. The number of likely N-dealkylation sites (tertiary alicyclic amines) is 1. The van der Waals surface area contributed by atoms with Crippen molar-refractivity contribution in [1.82, 2.24) is 19.7 Å². The monoisotopic (exact) mass is 465 g/mol. The predicted molar refractivity (Wildman–Crippen MR) is 117 cm³/mol. The van der Waals surface area contributed by atoms with E-state index in [1.54, 1.807) is 17.7 Å². The predicted octanol–water partition coefficient (Wildman–Crippen LogP) is 4.14. The molecular weight excluding hydrogens is 436 g/mol. The molecule has 9 nitrogen and oxygen atoms in total. The summed E-state index contributed by atoms with van der Waals surface area (Å²) in [4.78, 5) is 28.8. The molecule has 1 saturated heterocycles. The number of rotatable bonds is 5. The van der Waals surface area contributed by atoms with Gasteiger partial charge in [-0.2, -0.15) is 5.10 Å². The molecule has 0 radical (unpaired) electrons. The van der Waals surface area contributed by atoms with Crippen LogP contribution < -0.4 is 5.32 Å². The highest BCUT2D eigenvalue weighted by Gasteiger charge is 2.46. The Balaban J connectivity index is 1.91. The van der Waals surface area contributed by atoms with Crippen LogP contribution in [0.5, 0.6) is 0 Å². The fourth-order valence-electron chi connectivity index (χ4n) is 4.42. The Bertz CT molecular complexity index is 1080. The summed E-state index contributed by atoms with van der Waals surface area (Å²) in [6.45, 7) is 9.36. The number of anilines is 2. The summed E-state index contributed by atoms with van der Waals surface area (Å²) in [5.74, 6) is -3.00. The Labute approximate surface area is 190 Å². The zero-order valence-electron chi connectivity index (χ0n) is 19.3. The fourth-order valence-corrected chi connectivity index (χ4v) is 4.42. The van der Waals surface area contributed by atoms with Crippen LogP contribution in [0, 0.1) is 24.0 Å². The van der Waals surface area contributed by atoms with E-state index < -0.39 is 35.2 Å². The van der Waals surface area contributed by atoms with Gasteiger partial charge in [-0.3, -0.25) is 9.48 Å². The minimum atomic E-state index is -1.42. The average Bonchev–Trinajstić information content (AvgIpc) is 3.06. The van der Waals surface area contributed by atoms with Gasteiger partial charge in [-0.05, 0) is 47.5 Å². The number of hydrogen-bond donors (Lipinski definition) is 3. The Kier molecular flexibility index (Phi) is 6.36. The van der Waals surface area contributed by atoms with Crippen LogP contribution in [0.15, 0.2) is 12.1 Å². The molecule has 0 aliphatic carbocycles. The van der Waals surface area contributed by atoms with E-state index in [-0.39, 0.29) is 42.9 Å². The van der Waals surface area contributed by atoms with Crippen LogP contribution in [0.25, 0.3) is 0 Å². The molecule has 2 aromatic rings. The maximum atomic E-state index is 14.6. The number of aliphatic carboxylic acids is 1. The van der Waals surface area contributed by atoms with Crippen molar-refractivity contribution in [2.24, 2.45) is 5.41 Å². The first-order valence-electron chi connectivity index (χ1n) is 10.7. The largest absolute Gasteiger partial charge is 0.481 e. The van der Waals surface area contributed by atoms with Crippen LogP contribution in [0.3, 0.4) is 0 Å².